The number of hydrogen-bond donors (Lipinski definition) is 5. The van der Waals surface area contributed by atoms with E-state index in [-0.39, 0.29) is 46.6 Å². The van der Waals surface area contributed by atoms with Crippen LogP contribution < -0.4 is 27.7 Å². The fourth-order valence-electron chi connectivity index (χ4n) is 4.65. The lowest BCUT2D eigenvalue weighted by atomic mass is 9.96. The number of aliphatic hydroxyl groups is 1. The van der Waals surface area contributed by atoms with Crippen molar-refractivity contribution in [1.29, 1.82) is 0 Å². The second kappa shape index (κ2) is 18.8. The van der Waals surface area contributed by atoms with Crippen molar-refractivity contribution in [3.05, 3.63) is 155 Å². The molecule has 5 aromatic rings. The third-order valence-electron chi connectivity index (χ3n) is 7.39. The molecule has 0 aromatic heterocycles. The molecular weight excluding hydrogens is 724 g/mol. The van der Waals surface area contributed by atoms with E-state index in [4.69, 9.17) is 32.8 Å². The normalized spacial score (nSPS) is 11.8. The minimum atomic E-state index is -0.812. The summed E-state index contributed by atoms with van der Waals surface area (Å²) in [5.74, 6) is -2.55. The van der Waals surface area contributed by atoms with Crippen LogP contribution in [0.25, 0.3) is 0 Å². The van der Waals surface area contributed by atoms with Gasteiger partial charge in [0, 0.05) is 39.4 Å². The molecule has 0 unspecified atom stereocenters. The number of carbonyl (C=O) groups excluding carboxylic acids is 6. The Morgan fingerprint density at radius 1 is 0.589 bits per heavy atom. The highest BCUT2D eigenvalue weighted by Crippen LogP contribution is 2.26. The predicted octanol–water partition coefficient (Wildman–Crippen LogP) is 5.13. The Hall–Kier alpha value is -7.78. The minimum absolute atomic E-state index is 0.0154. The summed E-state index contributed by atoms with van der Waals surface area (Å²) < 4.78 is 19.0. The molecule has 9 N–H and O–H groups in total. The Balaban J connectivity index is 0.000000185. The lowest BCUT2D eigenvalue weighted by Gasteiger charge is -2.05. The average molecular weight is 761 g/mol. The maximum atomic E-state index is 12.5. The van der Waals surface area contributed by atoms with E-state index in [2.05, 4.69) is 20.8 Å². The number of nitrogens with two attached hydrogens (primary N) is 4. The summed E-state index contributed by atoms with van der Waals surface area (Å²) in [5, 5.41) is 8.19. The van der Waals surface area contributed by atoms with Crippen molar-refractivity contribution in [2.75, 3.05) is 36.1 Å². The number of hydrogen-bond acceptors (Lipinski definition) is 15. The molecule has 0 radical (unpaired) electrons. The quantitative estimate of drug-likeness (QED) is 0.0359. The van der Waals surface area contributed by atoms with Crippen LogP contribution in [-0.2, 0) is 19.0 Å². The fourth-order valence-corrected chi connectivity index (χ4v) is 4.65. The topological polar surface area (TPSA) is 264 Å². The molecule has 0 saturated carbocycles. The zero-order valence-corrected chi connectivity index (χ0v) is 29.9. The molecule has 0 saturated heterocycles. The van der Waals surface area contributed by atoms with Gasteiger partial charge in [-0.25, -0.2) is 24.0 Å². The number of benzene rings is 5. The van der Waals surface area contributed by atoms with Crippen LogP contribution in [-0.4, -0.2) is 54.0 Å². The molecule has 286 valence electrons. The lowest BCUT2D eigenvalue weighted by Crippen LogP contribution is -2.08. The SMILES string of the molecule is C=C(C)C(=O)OCCO.Nc1ccc(Oc2ccc(N)cc2)cc1.Nc1cccc(N)c1.O=C(c1ccc2c(c1)C(=O)OC2=O)c1ccc2c(c1)C(=O)OC2=O. The number of carbonyl (C=O) groups is 6. The van der Waals surface area contributed by atoms with Crippen molar-refractivity contribution in [3.8, 4) is 11.5 Å². The van der Waals surface area contributed by atoms with Crippen molar-refractivity contribution >= 4 is 58.4 Å². The number of ketones is 1. The van der Waals surface area contributed by atoms with Crippen LogP contribution in [0.4, 0.5) is 22.7 Å². The monoisotopic (exact) mass is 760 g/mol. The van der Waals surface area contributed by atoms with Gasteiger partial charge in [-0.3, -0.25) is 4.79 Å². The Labute approximate surface area is 320 Å². The Morgan fingerprint density at radius 3 is 1.36 bits per heavy atom. The molecule has 15 nitrogen and oxygen atoms in total. The number of nitrogen functional groups attached to an aromatic ring is 4. The van der Waals surface area contributed by atoms with E-state index in [0.29, 0.717) is 16.9 Å². The van der Waals surface area contributed by atoms with E-state index >= 15 is 0 Å². The molecule has 0 atom stereocenters. The summed E-state index contributed by atoms with van der Waals surface area (Å²) in [7, 11) is 0. The number of aliphatic hydroxyl groups excluding tert-OH is 1. The van der Waals surface area contributed by atoms with Crippen LogP contribution in [0.1, 0.15) is 64.3 Å². The van der Waals surface area contributed by atoms with Crippen molar-refractivity contribution in [1.82, 2.24) is 0 Å². The molecule has 7 rings (SSSR count). The van der Waals surface area contributed by atoms with Gasteiger partial charge >= 0.3 is 29.8 Å². The molecule has 2 aliphatic heterocycles. The summed E-state index contributed by atoms with van der Waals surface area (Å²) in [4.78, 5) is 69.0. The highest BCUT2D eigenvalue weighted by Gasteiger charge is 2.32. The maximum absolute atomic E-state index is 12.5. The summed E-state index contributed by atoms with van der Waals surface area (Å²) in [5.41, 5.74) is 25.6. The molecule has 0 amide bonds. The first-order chi connectivity index (χ1) is 26.7. The van der Waals surface area contributed by atoms with Gasteiger partial charge in [0.05, 0.1) is 28.9 Å². The van der Waals surface area contributed by atoms with Crippen LogP contribution >= 0.6 is 0 Å². The van der Waals surface area contributed by atoms with E-state index in [1.165, 1.54) is 36.4 Å². The van der Waals surface area contributed by atoms with Gasteiger partial charge in [-0.15, -0.1) is 0 Å². The van der Waals surface area contributed by atoms with Crippen LogP contribution in [0.3, 0.4) is 0 Å². The van der Waals surface area contributed by atoms with Gasteiger partial charge in [0.1, 0.15) is 18.1 Å². The van der Waals surface area contributed by atoms with E-state index in [9.17, 15) is 28.8 Å². The van der Waals surface area contributed by atoms with Crippen LogP contribution in [0.15, 0.2) is 121 Å². The molecule has 2 aliphatic rings. The van der Waals surface area contributed by atoms with Crippen LogP contribution in [0.5, 0.6) is 11.5 Å². The smallest absolute Gasteiger partial charge is 0.346 e. The standard InChI is InChI=1S/C17H6O7.C12H12N2O.C6H8N2.C6H10O3/c18-13(7-1-3-9-11(5-7)16(21)23-14(9)19)8-2-4-10-12(6-8)17(22)24-15(10)20;13-9-1-5-11(6-2-9)15-12-7-3-10(14)4-8-12;7-5-2-1-3-6(8)4-5;1-5(2)6(8)9-4-3-7/h1-6H;1-8H,13-14H2;1-4H,7-8H2;7H,1,3-4H2,2H3. The fraction of sp³-hybridized carbons (Fsp3) is 0.0732. The predicted molar refractivity (Wildman–Crippen MR) is 206 cm³/mol. The van der Waals surface area contributed by atoms with Crippen LogP contribution in [0.2, 0.25) is 0 Å². The number of esters is 5. The first-order valence-electron chi connectivity index (χ1n) is 16.5. The van der Waals surface area contributed by atoms with Crippen molar-refractivity contribution < 1.29 is 52.8 Å². The largest absolute Gasteiger partial charge is 0.460 e. The Morgan fingerprint density at radius 2 is 1.00 bits per heavy atom. The summed E-state index contributed by atoms with van der Waals surface area (Å²) >= 11 is 0. The van der Waals surface area contributed by atoms with Gasteiger partial charge in [-0.05, 0) is 97.9 Å². The van der Waals surface area contributed by atoms with Crippen molar-refractivity contribution in [3.63, 3.8) is 0 Å². The van der Waals surface area contributed by atoms with E-state index in [1.807, 2.05) is 30.3 Å². The molecule has 5 aromatic carbocycles. The molecular formula is C41H36N4O11. The van der Waals surface area contributed by atoms with Gasteiger partial charge < -0.3 is 47.0 Å². The average Bonchev–Trinajstić information content (AvgIpc) is 3.63. The van der Waals surface area contributed by atoms with Gasteiger partial charge in [0.2, 0.25) is 0 Å². The lowest BCUT2D eigenvalue weighted by molar-refractivity contribution is -0.139. The second-order valence-electron chi connectivity index (χ2n) is 11.8. The van der Waals surface area contributed by atoms with Gasteiger partial charge in [0.25, 0.3) is 0 Å². The molecule has 15 heteroatoms. The third-order valence-corrected chi connectivity index (χ3v) is 7.39. The molecule has 2 heterocycles. The van der Waals surface area contributed by atoms with E-state index in [1.54, 1.807) is 49.4 Å². The van der Waals surface area contributed by atoms with E-state index in [0.717, 1.165) is 22.9 Å². The number of ether oxygens (including phenoxy) is 4. The molecule has 0 fully saturated rings. The molecule has 0 spiro atoms. The highest BCUT2D eigenvalue weighted by atomic mass is 16.6. The zero-order valence-electron chi connectivity index (χ0n) is 29.9. The third kappa shape index (κ3) is 11.1. The van der Waals surface area contributed by atoms with Gasteiger partial charge in [0.15, 0.2) is 5.78 Å². The summed E-state index contributed by atoms with van der Waals surface area (Å²) in [6.45, 7) is 4.81. The zero-order chi connectivity index (χ0) is 40.9. The maximum Gasteiger partial charge on any atom is 0.346 e. The van der Waals surface area contributed by atoms with Crippen molar-refractivity contribution in [2.45, 2.75) is 6.92 Å². The number of rotatable bonds is 7. The second-order valence-corrected chi connectivity index (χ2v) is 11.8. The highest BCUT2D eigenvalue weighted by molar-refractivity contribution is 6.19. The summed E-state index contributed by atoms with van der Waals surface area (Å²) in [6.07, 6.45) is 0. The van der Waals surface area contributed by atoms with Gasteiger partial charge in [-0.2, -0.15) is 0 Å². The van der Waals surface area contributed by atoms with Gasteiger partial charge in [-0.1, -0.05) is 24.8 Å². The number of anilines is 4. The number of cyclic esters (lactones) is 4. The first kappa shape index (κ1) is 41.0. The molecule has 0 aliphatic carbocycles. The minimum Gasteiger partial charge on any atom is -0.460 e. The first-order valence-corrected chi connectivity index (χ1v) is 16.5. The van der Waals surface area contributed by atoms with Crippen molar-refractivity contribution in [2.24, 2.45) is 0 Å². The molecule has 56 heavy (non-hydrogen) atoms. The molecule has 0 bridgehead atoms. The van der Waals surface area contributed by atoms with Crippen LogP contribution in [0, 0.1) is 0 Å². The van der Waals surface area contributed by atoms with E-state index < -0.39 is 35.6 Å². The number of fused-ring (bicyclic) bond motifs is 2. The Kier molecular flexibility index (Phi) is 13.8. The summed E-state index contributed by atoms with van der Waals surface area (Å²) in [6, 6.07) is 29.6. The Bertz CT molecular complexity index is 2160.